The molecule has 0 bridgehead atoms. The number of amides is 1. The van der Waals surface area contributed by atoms with Crippen molar-refractivity contribution >= 4 is 17.8 Å². The number of aryl methyl sites for hydroxylation is 2. The van der Waals surface area contributed by atoms with E-state index in [1.807, 2.05) is 111 Å². The molecular formula is C36H29N5O3. The second-order valence-electron chi connectivity index (χ2n) is 10.4. The van der Waals surface area contributed by atoms with Gasteiger partial charge >= 0.3 is 0 Å². The predicted molar refractivity (Wildman–Crippen MR) is 174 cm³/mol. The maximum atomic E-state index is 13.2. The zero-order valence-corrected chi connectivity index (χ0v) is 24.2. The molecule has 0 aliphatic heterocycles. The Balaban J connectivity index is 1.40. The van der Waals surface area contributed by atoms with Gasteiger partial charge in [-0.25, -0.2) is 5.43 Å². The number of rotatable bonds is 8. The van der Waals surface area contributed by atoms with Crippen LogP contribution in [0.3, 0.4) is 0 Å². The van der Waals surface area contributed by atoms with E-state index < -0.39 is 4.92 Å². The summed E-state index contributed by atoms with van der Waals surface area (Å²) in [6.45, 7) is 4.06. The van der Waals surface area contributed by atoms with E-state index in [4.69, 9.17) is 0 Å². The Morgan fingerprint density at radius 2 is 1.36 bits per heavy atom. The smallest absolute Gasteiger partial charge is 0.271 e. The van der Waals surface area contributed by atoms with Crippen LogP contribution in [0.4, 0.5) is 5.69 Å². The summed E-state index contributed by atoms with van der Waals surface area (Å²) in [5.74, 6) is -0.329. The average molecular weight is 580 g/mol. The van der Waals surface area contributed by atoms with Crippen LogP contribution in [-0.2, 0) is 0 Å². The van der Waals surface area contributed by atoms with Crippen LogP contribution in [0.5, 0.6) is 0 Å². The number of hydrazone groups is 1. The molecule has 6 aromatic rings. The predicted octanol–water partition coefficient (Wildman–Crippen LogP) is 7.89. The van der Waals surface area contributed by atoms with E-state index in [2.05, 4.69) is 19.7 Å². The first-order valence-corrected chi connectivity index (χ1v) is 14.1. The number of hydrogen-bond acceptors (Lipinski definition) is 4. The molecule has 0 aliphatic rings. The van der Waals surface area contributed by atoms with Crippen LogP contribution in [-0.4, -0.2) is 26.2 Å². The van der Waals surface area contributed by atoms with Gasteiger partial charge in [0.05, 0.1) is 22.5 Å². The summed E-state index contributed by atoms with van der Waals surface area (Å²) in [5, 5.41) is 15.7. The normalized spacial score (nSPS) is 11.1. The zero-order chi connectivity index (χ0) is 30.6. The Hall–Kier alpha value is -6.02. The highest BCUT2D eigenvalue weighted by Gasteiger charge is 2.19. The van der Waals surface area contributed by atoms with Gasteiger partial charge in [0, 0.05) is 46.0 Å². The minimum absolute atomic E-state index is 0.0130. The summed E-state index contributed by atoms with van der Waals surface area (Å²) >= 11 is 0. The molecule has 216 valence electrons. The first kappa shape index (κ1) is 28.1. The molecule has 0 fully saturated rings. The fraction of sp³-hybridized carbons (Fsp3) is 0.0556. The van der Waals surface area contributed by atoms with Gasteiger partial charge in [0.25, 0.3) is 11.6 Å². The summed E-state index contributed by atoms with van der Waals surface area (Å²) < 4.78 is 4.15. The number of nitro benzene ring substituents is 1. The van der Waals surface area contributed by atoms with Crippen molar-refractivity contribution < 1.29 is 9.72 Å². The lowest BCUT2D eigenvalue weighted by Gasteiger charge is -2.15. The van der Waals surface area contributed by atoms with Crippen molar-refractivity contribution in [3.8, 4) is 33.9 Å². The summed E-state index contributed by atoms with van der Waals surface area (Å²) in [4.78, 5) is 24.1. The van der Waals surface area contributed by atoms with Crippen LogP contribution < -0.4 is 5.43 Å². The molecule has 1 N–H and O–H groups in total. The molecule has 2 aromatic heterocycles. The van der Waals surface area contributed by atoms with Crippen molar-refractivity contribution in [1.29, 1.82) is 0 Å². The summed E-state index contributed by atoms with van der Waals surface area (Å²) in [7, 11) is 0. The highest BCUT2D eigenvalue weighted by molar-refractivity contribution is 5.97. The minimum Gasteiger partial charge on any atom is -0.318 e. The summed E-state index contributed by atoms with van der Waals surface area (Å²) in [6.07, 6.45) is 1.64. The summed E-state index contributed by atoms with van der Waals surface area (Å²) in [6, 6.07) is 39.7. The number of carbonyl (C=O) groups excluding carboxylic acids is 1. The first-order chi connectivity index (χ1) is 21.4. The van der Waals surface area contributed by atoms with Gasteiger partial charge in [0.15, 0.2) is 0 Å². The van der Waals surface area contributed by atoms with Crippen LogP contribution in [0, 0.1) is 24.0 Å². The Morgan fingerprint density at radius 1 is 0.727 bits per heavy atom. The van der Waals surface area contributed by atoms with Crippen LogP contribution in [0.2, 0.25) is 0 Å². The highest BCUT2D eigenvalue weighted by Crippen LogP contribution is 2.35. The van der Waals surface area contributed by atoms with Gasteiger partial charge in [-0.05, 0) is 73.5 Å². The average Bonchev–Trinajstić information content (AvgIpc) is 3.61. The summed E-state index contributed by atoms with van der Waals surface area (Å²) in [5.41, 5.74) is 11.4. The number of non-ortho nitro benzene ring substituents is 1. The molecule has 1 amide bonds. The van der Waals surface area contributed by atoms with Crippen molar-refractivity contribution in [2.24, 2.45) is 5.10 Å². The molecule has 44 heavy (non-hydrogen) atoms. The largest absolute Gasteiger partial charge is 0.318 e. The quantitative estimate of drug-likeness (QED) is 0.113. The molecular weight excluding hydrogens is 550 g/mol. The second-order valence-corrected chi connectivity index (χ2v) is 10.4. The Morgan fingerprint density at radius 3 is 2.00 bits per heavy atom. The Labute approximate surface area is 254 Å². The number of nitrogens with one attached hydrogen (secondary N) is 1. The van der Waals surface area contributed by atoms with E-state index in [-0.39, 0.29) is 11.6 Å². The number of nitro groups is 1. The van der Waals surface area contributed by atoms with E-state index >= 15 is 0 Å². The molecule has 0 saturated heterocycles. The Kier molecular flexibility index (Phi) is 7.71. The Bertz CT molecular complexity index is 1970. The molecule has 8 heteroatoms. The highest BCUT2D eigenvalue weighted by atomic mass is 16.6. The van der Waals surface area contributed by atoms with Gasteiger partial charge in [-0.3, -0.25) is 14.9 Å². The van der Waals surface area contributed by atoms with E-state index in [0.29, 0.717) is 5.56 Å². The van der Waals surface area contributed by atoms with Crippen molar-refractivity contribution in [1.82, 2.24) is 14.6 Å². The first-order valence-electron chi connectivity index (χ1n) is 14.1. The maximum absolute atomic E-state index is 13.2. The topological polar surface area (TPSA) is 94.5 Å². The van der Waals surface area contributed by atoms with E-state index in [0.717, 1.165) is 50.8 Å². The molecule has 0 radical (unpaired) electrons. The molecule has 0 spiro atoms. The number of aromatic nitrogens is 2. The van der Waals surface area contributed by atoms with Gasteiger partial charge in [-0.2, -0.15) is 5.10 Å². The van der Waals surface area contributed by atoms with Gasteiger partial charge in [0.1, 0.15) is 0 Å². The van der Waals surface area contributed by atoms with Gasteiger partial charge in [-0.1, -0.05) is 66.7 Å². The molecule has 0 aliphatic carbocycles. The van der Waals surface area contributed by atoms with E-state index in [1.54, 1.807) is 24.4 Å². The van der Waals surface area contributed by atoms with E-state index in [9.17, 15) is 14.9 Å². The molecule has 6 rings (SSSR count). The van der Waals surface area contributed by atoms with Crippen molar-refractivity contribution in [2.45, 2.75) is 13.8 Å². The number of benzene rings is 4. The van der Waals surface area contributed by atoms with Crippen LogP contribution >= 0.6 is 0 Å². The molecule has 2 heterocycles. The second kappa shape index (κ2) is 12.1. The lowest BCUT2D eigenvalue weighted by molar-refractivity contribution is -0.384. The third kappa shape index (κ3) is 5.56. The standard InChI is InChI=1S/C36H29N5O3/c1-25-16-17-26(2)39(25)33-15-9-14-29(22-33)36(42)38-37-24-30-23-34(27-10-5-3-6-11-27)40(35(30)28-12-7-4-8-13-28)31-18-20-32(21-19-31)41(43)44/h3-24H,1-2H3,(H,38,42)/b37-24-. The molecule has 0 atom stereocenters. The fourth-order valence-corrected chi connectivity index (χ4v) is 5.42. The van der Waals surface area contributed by atoms with Crippen LogP contribution in [0.25, 0.3) is 33.9 Å². The lowest BCUT2D eigenvalue weighted by Crippen LogP contribution is -2.18. The SMILES string of the molecule is Cc1ccc(C)n1-c1cccc(C(=O)N/N=C\c2cc(-c3ccccc3)n(-c3ccc([N+](=O)[O-])cc3)c2-c2ccccc2)c1. The fourth-order valence-electron chi connectivity index (χ4n) is 5.42. The number of hydrogen-bond donors (Lipinski definition) is 1. The zero-order valence-electron chi connectivity index (χ0n) is 24.2. The maximum Gasteiger partial charge on any atom is 0.271 e. The van der Waals surface area contributed by atoms with Crippen molar-refractivity contribution in [3.05, 3.63) is 160 Å². The molecule has 0 saturated carbocycles. The molecule has 4 aromatic carbocycles. The van der Waals surface area contributed by atoms with Crippen LogP contribution in [0.15, 0.2) is 132 Å². The number of nitrogens with zero attached hydrogens (tertiary/aromatic N) is 4. The van der Waals surface area contributed by atoms with Gasteiger partial charge < -0.3 is 9.13 Å². The number of carbonyl (C=O) groups is 1. The van der Waals surface area contributed by atoms with Crippen molar-refractivity contribution in [2.75, 3.05) is 0 Å². The minimum atomic E-state index is -0.410. The van der Waals surface area contributed by atoms with E-state index in [1.165, 1.54) is 12.1 Å². The van der Waals surface area contributed by atoms with Gasteiger partial charge in [-0.15, -0.1) is 0 Å². The van der Waals surface area contributed by atoms with Crippen LogP contribution in [0.1, 0.15) is 27.3 Å². The third-order valence-electron chi connectivity index (χ3n) is 7.47. The molecule has 8 nitrogen and oxygen atoms in total. The third-order valence-corrected chi connectivity index (χ3v) is 7.47. The van der Waals surface area contributed by atoms with Gasteiger partial charge in [0.2, 0.25) is 0 Å². The lowest BCUT2D eigenvalue weighted by atomic mass is 10.1. The monoisotopic (exact) mass is 579 g/mol. The molecule has 0 unspecified atom stereocenters. The van der Waals surface area contributed by atoms with Crippen molar-refractivity contribution in [3.63, 3.8) is 0 Å².